The van der Waals surface area contributed by atoms with Crippen LogP contribution in [0.3, 0.4) is 0 Å². The third-order valence-electron chi connectivity index (χ3n) is 8.75. The van der Waals surface area contributed by atoms with E-state index in [0.29, 0.717) is 30.6 Å². The highest BCUT2D eigenvalue weighted by Gasteiger charge is 2.32. The molecule has 0 fully saturated rings. The van der Waals surface area contributed by atoms with E-state index in [1.807, 2.05) is 37.3 Å². The minimum atomic E-state index is -1.12. The van der Waals surface area contributed by atoms with Crippen molar-refractivity contribution in [2.75, 3.05) is 27.5 Å². The van der Waals surface area contributed by atoms with Crippen molar-refractivity contribution in [3.8, 4) is 17.1 Å². The summed E-state index contributed by atoms with van der Waals surface area (Å²) in [5.74, 6) is -2.94. The van der Waals surface area contributed by atoms with Crippen molar-refractivity contribution >= 4 is 36.1 Å². The summed E-state index contributed by atoms with van der Waals surface area (Å²) in [6.45, 7) is 5.97. The number of esters is 2. The highest BCUT2D eigenvalue weighted by atomic mass is 16.7. The standard InChI is InChI=1S/C40H52N4O11/c1-6-9-11-16-31(33(7-2)44(26-45)54-24-27-14-12-10-13-15-27)38(48)41-25-42-39(49)35-19-18-34(55-35)28-21-29(23-30(22-28)53-8-3)37(47)43-32(40(50)52-5)17-20-36(46)51-4/h10,12-15,18-19,21-23,26,31-33H,6-9,11,16-17,20,24-25H2,1-5H3,(H,41,48)(H,42,49)(H,43,47)/t31-,32+,33-/m1/s1. The molecule has 0 radical (unpaired) electrons. The van der Waals surface area contributed by atoms with E-state index in [1.54, 1.807) is 19.1 Å². The van der Waals surface area contributed by atoms with Crippen LogP contribution in [0.2, 0.25) is 0 Å². The maximum absolute atomic E-state index is 13.5. The first-order valence-electron chi connectivity index (χ1n) is 18.4. The molecule has 3 atom stereocenters. The van der Waals surface area contributed by atoms with Crippen molar-refractivity contribution in [3.63, 3.8) is 0 Å². The lowest BCUT2D eigenvalue weighted by atomic mass is 9.90. The van der Waals surface area contributed by atoms with Crippen molar-refractivity contribution in [2.45, 2.75) is 84.4 Å². The average Bonchev–Trinajstić information content (AvgIpc) is 3.71. The number of carbonyl (C=O) groups excluding carboxylic acids is 6. The fourth-order valence-corrected chi connectivity index (χ4v) is 5.85. The van der Waals surface area contributed by atoms with Crippen LogP contribution in [0, 0.1) is 5.92 Å². The van der Waals surface area contributed by atoms with Gasteiger partial charge < -0.3 is 34.6 Å². The largest absolute Gasteiger partial charge is 0.494 e. The highest BCUT2D eigenvalue weighted by Crippen LogP contribution is 2.29. The normalized spacial score (nSPS) is 12.4. The van der Waals surface area contributed by atoms with Crippen LogP contribution in [0.25, 0.3) is 11.3 Å². The fraction of sp³-hybridized carbons (Fsp3) is 0.450. The summed E-state index contributed by atoms with van der Waals surface area (Å²) in [6.07, 6.45) is 4.05. The van der Waals surface area contributed by atoms with Gasteiger partial charge in [-0.05, 0) is 62.1 Å². The summed E-state index contributed by atoms with van der Waals surface area (Å²) < 4.78 is 20.9. The van der Waals surface area contributed by atoms with Crippen LogP contribution in [-0.4, -0.2) is 80.7 Å². The predicted octanol–water partition coefficient (Wildman–Crippen LogP) is 4.94. The molecule has 0 aliphatic heterocycles. The van der Waals surface area contributed by atoms with Crippen LogP contribution in [-0.2, 0) is 40.1 Å². The highest BCUT2D eigenvalue weighted by molar-refractivity contribution is 5.98. The number of carbonyl (C=O) groups is 6. The third kappa shape index (κ3) is 13.6. The molecule has 298 valence electrons. The van der Waals surface area contributed by atoms with Crippen LogP contribution in [0.4, 0.5) is 0 Å². The van der Waals surface area contributed by atoms with E-state index in [0.717, 1.165) is 24.8 Å². The Bertz CT molecular complexity index is 1710. The van der Waals surface area contributed by atoms with Crippen LogP contribution in [0.5, 0.6) is 5.75 Å². The molecule has 3 aromatic rings. The van der Waals surface area contributed by atoms with Crippen molar-refractivity contribution in [2.24, 2.45) is 5.92 Å². The number of ether oxygens (including phenoxy) is 3. The van der Waals surface area contributed by atoms with Gasteiger partial charge in [-0.25, -0.2) is 9.86 Å². The third-order valence-corrected chi connectivity index (χ3v) is 8.75. The van der Waals surface area contributed by atoms with Gasteiger partial charge in [0, 0.05) is 17.5 Å². The number of furan rings is 1. The first-order valence-corrected chi connectivity index (χ1v) is 18.4. The number of benzene rings is 2. The maximum atomic E-state index is 13.5. The summed E-state index contributed by atoms with van der Waals surface area (Å²) in [5.41, 5.74) is 1.41. The van der Waals surface area contributed by atoms with E-state index in [4.69, 9.17) is 18.7 Å². The molecule has 4 amide bonds. The summed E-state index contributed by atoms with van der Waals surface area (Å²) in [5, 5.41) is 9.22. The van der Waals surface area contributed by atoms with E-state index in [2.05, 4.69) is 27.6 Å². The second-order valence-electron chi connectivity index (χ2n) is 12.5. The first-order chi connectivity index (χ1) is 26.6. The molecule has 0 saturated carbocycles. The summed E-state index contributed by atoms with van der Waals surface area (Å²) >= 11 is 0. The Hall–Kier alpha value is -5.70. The molecule has 3 rings (SSSR count). The number of unbranched alkanes of at least 4 members (excludes halogenated alkanes) is 2. The van der Waals surface area contributed by atoms with Crippen LogP contribution in [0.15, 0.2) is 65.1 Å². The zero-order valence-corrected chi connectivity index (χ0v) is 32.1. The Balaban J connectivity index is 1.70. The van der Waals surface area contributed by atoms with Crippen LogP contribution < -0.4 is 20.7 Å². The summed E-state index contributed by atoms with van der Waals surface area (Å²) in [6, 6.07) is 15.4. The molecule has 0 aliphatic carbocycles. The van der Waals surface area contributed by atoms with E-state index in [1.165, 1.54) is 37.5 Å². The first kappa shape index (κ1) is 43.7. The van der Waals surface area contributed by atoms with Gasteiger partial charge in [-0.1, -0.05) is 63.4 Å². The van der Waals surface area contributed by atoms with Crippen molar-refractivity contribution in [3.05, 3.63) is 77.6 Å². The second-order valence-corrected chi connectivity index (χ2v) is 12.5. The molecule has 2 aromatic carbocycles. The number of hydroxylamine groups is 2. The summed E-state index contributed by atoms with van der Waals surface area (Å²) in [4.78, 5) is 81.9. The number of hydrogen-bond acceptors (Lipinski definition) is 11. The van der Waals surface area contributed by atoms with Gasteiger partial charge >= 0.3 is 11.9 Å². The van der Waals surface area contributed by atoms with Gasteiger partial charge in [0.15, 0.2) is 5.76 Å². The van der Waals surface area contributed by atoms with Crippen molar-refractivity contribution < 1.29 is 52.2 Å². The van der Waals surface area contributed by atoms with Crippen molar-refractivity contribution in [1.82, 2.24) is 21.0 Å². The smallest absolute Gasteiger partial charge is 0.328 e. The van der Waals surface area contributed by atoms with E-state index in [9.17, 15) is 28.8 Å². The Morgan fingerprint density at radius 2 is 1.64 bits per heavy atom. The van der Waals surface area contributed by atoms with Crippen LogP contribution in [0.1, 0.15) is 92.2 Å². The number of nitrogens with one attached hydrogen (secondary N) is 3. The molecule has 55 heavy (non-hydrogen) atoms. The Morgan fingerprint density at radius 1 is 0.873 bits per heavy atom. The molecule has 15 heteroatoms. The minimum Gasteiger partial charge on any atom is -0.494 e. The van der Waals surface area contributed by atoms with Gasteiger partial charge in [-0.15, -0.1) is 0 Å². The Morgan fingerprint density at radius 3 is 2.29 bits per heavy atom. The summed E-state index contributed by atoms with van der Waals surface area (Å²) in [7, 11) is 2.39. The van der Waals surface area contributed by atoms with Gasteiger partial charge in [0.25, 0.3) is 11.8 Å². The molecule has 1 aromatic heterocycles. The zero-order valence-electron chi connectivity index (χ0n) is 32.1. The SMILES string of the molecule is CCCCC[C@@H](C(=O)NCNC(=O)c1ccc(-c2cc(OCC)cc(C(=O)N[C@@H](CCC(=O)OC)C(=O)OC)c2)o1)[C@@H](CC)N(C=O)OCc1ccccc1. The molecule has 3 N–H and O–H groups in total. The zero-order chi connectivity index (χ0) is 40.2. The predicted molar refractivity (Wildman–Crippen MR) is 201 cm³/mol. The van der Waals surface area contributed by atoms with Gasteiger partial charge in [0.1, 0.15) is 24.2 Å². The minimum absolute atomic E-state index is 0.0424. The monoisotopic (exact) mass is 764 g/mol. The van der Waals surface area contributed by atoms with Gasteiger partial charge in [-0.2, -0.15) is 0 Å². The topological polar surface area (TPSA) is 192 Å². The number of hydrogen-bond donors (Lipinski definition) is 3. The van der Waals surface area contributed by atoms with Gasteiger partial charge in [0.05, 0.1) is 39.5 Å². The lowest BCUT2D eigenvalue weighted by molar-refractivity contribution is -0.200. The van der Waals surface area contributed by atoms with Gasteiger partial charge in [-0.3, -0.25) is 28.8 Å². The molecule has 1 heterocycles. The molecule has 0 spiro atoms. The van der Waals surface area contributed by atoms with Crippen molar-refractivity contribution in [1.29, 1.82) is 0 Å². The quantitative estimate of drug-likeness (QED) is 0.0368. The Kier molecular flexibility index (Phi) is 18.4. The molecule has 0 bridgehead atoms. The lowest BCUT2D eigenvalue weighted by Crippen LogP contribution is -2.48. The van der Waals surface area contributed by atoms with E-state index in [-0.39, 0.29) is 55.7 Å². The molecular weight excluding hydrogens is 712 g/mol. The molecule has 0 saturated heterocycles. The molecule has 0 aliphatic rings. The molecule has 15 nitrogen and oxygen atoms in total. The van der Waals surface area contributed by atoms with E-state index < -0.39 is 41.8 Å². The van der Waals surface area contributed by atoms with Crippen LogP contribution >= 0.6 is 0 Å². The van der Waals surface area contributed by atoms with E-state index >= 15 is 0 Å². The average molecular weight is 765 g/mol. The number of methoxy groups -OCH3 is 2. The van der Waals surface area contributed by atoms with Gasteiger partial charge in [0.2, 0.25) is 12.3 Å². The number of rotatable bonds is 24. The maximum Gasteiger partial charge on any atom is 0.328 e. The number of nitrogens with zero attached hydrogens (tertiary/aromatic N) is 1. The lowest BCUT2D eigenvalue weighted by Gasteiger charge is -2.32. The number of amides is 4. The molecule has 0 unspecified atom stereocenters. The fourth-order valence-electron chi connectivity index (χ4n) is 5.85. The second kappa shape index (κ2) is 23.2. The molecular formula is C40H52N4O11. The Labute approximate surface area is 321 Å².